The number of rotatable bonds is 5. The van der Waals surface area contributed by atoms with E-state index in [2.05, 4.69) is 25.1 Å². The molecule has 3 amide bonds. The Kier molecular flexibility index (Phi) is 6.18. The molecule has 2 aliphatic heterocycles. The zero-order chi connectivity index (χ0) is 22.9. The van der Waals surface area contributed by atoms with Crippen molar-refractivity contribution in [3.63, 3.8) is 0 Å². The van der Waals surface area contributed by atoms with E-state index in [0.717, 1.165) is 24.0 Å². The molecule has 0 bridgehead atoms. The van der Waals surface area contributed by atoms with Crippen LogP contribution in [0.15, 0.2) is 48.5 Å². The van der Waals surface area contributed by atoms with Crippen molar-refractivity contribution in [2.75, 3.05) is 19.6 Å². The van der Waals surface area contributed by atoms with Crippen LogP contribution in [0.4, 0.5) is 0 Å². The number of nitrogens with zero attached hydrogens (tertiary/aromatic N) is 2. The van der Waals surface area contributed by atoms with Gasteiger partial charge in [-0.1, -0.05) is 48.5 Å². The van der Waals surface area contributed by atoms with Crippen molar-refractivity contribution < 1.29 is 14.4 Å². The maximum atomic E-state index is 13.6. The molecule has 4 rings (SSSR count). The van der Waals surface area contributed by atoms with Crippen LogP contribution in [-0.2, 0) is 19.8 Å². The molecule has 0 radical (unpaired) electrons. The van der Waals surface area contributed by atoms with Crippen molar-refractivity contribution >= 4 is 17.7 Å². The predicted octanol–water partition coefficient (Wildman–Crippen LogP) is 4.12. The Morgan fingerprint density at radius 2 is 1.72 bits per heavy atom. The molecule has 5 nitrogen and oxygen atoms in total. The van der Waals surface area contributed by atoms with Crippen molar-refractivity contribution in [3.05, 3.63) is 70.8 Å². The van der Waals surface area contributed by atoms with Gasteiger partial charge in [0.2, 0.25) is 17.7 Å². The molecule has 2 fully saturated rings. The van der Waals surface area contributed by atoms with Crippen LogP contribution in [0.1, 0.15) is 60.8 Å². The normalized spacial score (nSPS) is 23.7. The number of piperidine rings is 1. The number of aryl methyl sites for hydroxylation is 2. The molecule has 0 spiro atoms. The molecule has 0 N–H and O–H groups in total. The first kappa shape index (κ1) is 22.3. The van der Waals surface area contributed by atoms with Crippen LogP contribution < -0.4 is 0 Å². The molecule has 2 aromatic carbocycles. The zero-order valence-corrected chi connectivity index (χ0v) is 19.3. The van der Waals surface area contributed by atoms with Crippen LogP contribution in [0.3, 0.4) is 0 Å². The van der Waals surface area contributed by atoms with E-state index in [1.165, 1.54) is 16.0 Å². The number of carbonyl (C=O) groups is 3. The van der Waals surface area contributed by atoms with E-state index < -0.39 is 5.41 Å². The van der Waals surface area contributed by atoms with Crippen molar-refractivity contribution in [3.8, 4) is 0 Å². The Labute approximate surface area is 190 Å². The summed E-state index contributed by atoms with van der Waals surface area (Å²) in [6, 6.07) is 16.0. The summed E-state index contributed by atoms with van der Waals surface area (Å²) in [6.07, 6.45) is 2.10. The SMILES string of the molecule is CCN1C(=O)C[C@](CC(=O)N2CCC[C@@H](c3ccccc3C)C2)(c2ccccc2C)C1=O. The van der Waals surface area contributed by atoms with E-state index in [4.69, 9.17) is 0 Å². The number of likely N-dealkylation sites (tertiary alicyclic amines) is 2. The largest absolute Gasteiger partial charge is 0.342 e. The molecule has 5 heteroatoms. The van der Waals surface area contributed by atoms with Gasteiger partial charge in [0, 0.05) is 38.4 Å². The minimum atomic E-state index is -1.11. The van der Waals surface area contributed by atoms with E-state index in [1.54, 1.807) is 0 Å². The summed E-state index contributed by atoms with van der Waals surface area (Å²) in [4.78, 5) is 43.1. The molecule has 0 aliphatic carbocycles. The van der Waals surface area contributed by atoms with Crippen molar-refractivity contribution in [2.24, 2.45) is 0 Å². The average molecular weight is 433 g/mol. The molecule has 0 unspecified atom stereocenters. The summed E-state index contributed by atoms with van der Waals surface area (Å²) >= 11 is 0. The first-order chi connectivity index (χ1) is 15.4. The molecular weight excluding hydrogens is 400 g/mol. The smallest absolute Gasteiger partial charge is 0.240 e. The number of carbonyl (C=O) groups excluding carboxylic acids is 3. The van der Waals surface area contributed by atoms with Gasteiger partial charge in [0.1, 0.15) is 0 Å². The maximum absolute atomic E-state index is 13.6. The first-order valence-electron chi connectivity index (χ1n) is 11.6. The number of hydrogen-bond donors (Lipinski definition) is 0. The van der Waals surface area contributed by atoms with Gasteiger partial charge < -0.3 is 4.90 Å². The standard InChI is InChI=1S/C27H32N2O3/c1-4-29-25(31)17-27(26(29)32,23-14-8-6-11-20(23)3)16-24(30)28-15-9-12-21(18-28)22-13-7-5-10-19(22)2/h5-8,10-11,13-14,21H,4,9,12,15-18H2,1-3H3/t21-,27-/m1/s1. The Balaban J connectivity index is 1.63. The minimum absolute atomic E-state index is 0.0364. The number of benzene rings is 2. The van der Waals surface area contributed by atoms with Crippen LogP contribution in [0, 0.1) is 13.8 Å². The van der Waals surface area contributed by atoms with Gasteiger partial charge in [-0.15, -0.1) is 0 Å². The van der Waals surface area contributed by atoms with Crippen LogP contribution >= 0.6 is 0 Å². The van der Waals surface area contributed by atoms with Gasteiger partial charge in [0.15, 0.2) is 0 Å². The highest BCUT2D eigenvalue weighted by atomic mass is 16.2. The average Bonchev–Trinajstić information content (AvgIpc) is 3.03. The van der Waals surface area contributed by atoms with Crippen molar-refractivity contribution in [1.82, 2.24) is 9.80 Å². The summed E-state index contributed by atoms with van der Waals surface area (Å²) < 4.78 is 0. The molecule has 2 saturated heterocycles. The molecular formula is C27H32N2O3. The van der Waals surface area contributed by atoms with E-state index in [-0.39, 0.29) is 30.6 Å². The molecule has 2 atom stereocenters. The summed E-state index contributed by atoms with van der Waals surface area (Å²) in [6.45, 7) is 7.56. The lowest BCUT2D eigenvalue weighted by atomic mass is 9.73. The predicted molar refractivity (Wildman–Crippen MR) is 124 cm³/mol. The third-order valence-electron chi connectivity index (χ3n) is 7.24. The molecule has 2 aliphatic rings. The van der Waals surface area contributed by atoms with Gasteiger partial charge in [-0.3, -0.25) is 19.3 Å². The lowest BCUT2D eigenvalue weighted by Gasteiger charge is -2.36. The van der Waals surface area contributed by atoms with Crippen LogP contribution in [0.25, 0.3) is 0 Å². The maximum Gasteiger partial charge on any atom is 0.240 e. The Bertz CT molecular complexity index is 1050. The van der Waals surface area contributed by atoms with Gasteiger partial charge in [-0.25, -0.2) is 0 Å². The van der Waals surface area contributed by atoms with Crippen LogP contribution in [-0.4, -0.2) is 47.2 Å². The number of likely N-dealkylation sites (N-methyl/N-ethyl adjacent to an activating group) is 1. The lowest BCUT2D eigenvalue weighted by molar-refractivity contribution is -0.142. The minimum Gasteiger partial charge on any atom is -0.342 e. The van der Waals surface area contributed by atoms with Gasteiger partial charge in [-0.05, 0) is 55.9 Å². The lowest BCUT2D eigenvalue weighted by Crippen LogP contribution is -2.46. The number of imide groups is 1. The van der Waals surface area contributed by atoms with Gasteiger partial charge >= 0.3 is 0 Å². The molecule has 0 saturated carbocycles. The molecule has 2 heterocycles. The topological polar surface area (TPSA) is 57.7 Å². The van der Waals surface area contributed by atoms with Gasteiger partial charge in [0.05, 0.1) is 5.41 Å². The quantitative estimate of drug-likeness (QED) is 0.668. The second-order valence-corrected chi connectivity index (χ2v) is 9.23. The summed E-state index contributed by atoms with van der Waals surface area (Å²) in [5, 5.41) is 0. The van der Waals surface area contributed by atoms with E-state index in [0.29, 0.717) is 25.6 Å². The van der Waals surface area contributed by atoms with Crippen LogP contribution in [0.2, 0.25) is 0 Å². The summed E-state index contributed by atoms with van der Waals surface area (Å²) in [5.74, 6) is -0.160. The van der Waals surface area contributed by atoms with Gasteiger partial charge in [0.25, 0.3) is 0 Å². The summed E-state index contributed by atoms with van der Waals surface area (Å²) in [7, 11) is 0. The molecule has 0 aromatic heterocycles. The van der Waals surface area contributed by atoms with Crippen molar-refractivity contribution in [2.45, 2.75) is 57.8 Å². The van der Waals surface area contributed by atoms with E-state index in [1.807, 2.05) is 49.1 Å². The third kappa shape index (κ3) is 3.85. The number of amides is 3. The fraction of sp³-hybridized carbons (Fsp3) is 0.444. The van der Waals surface area contributed by atoms with E-state index in [9.17, 15) is 14.4 Å². The summed E-state index contributed by atoms with van der Waals surface area (Å²) in [5.41, 5.74) is 3.18. The monoisotopic (exact) mass is 432 g/mol. The van der Waals surface area contributed by atoms with Crippen molar-refractivity contribution in [1.29, 1.82) is 0 Å². The highest BCUT2D eigenvalue weighted by Crippen LogP contribution is 2.42. The fourth-order valence-electron chi connectivity index (χ4n) is 5.55. The fourth-order valence-corrected chi connectivity index (χ4v) is 5.55. The first-order valence-corrected chi connectivity index (χ1v) is 11.6. The second kappa shape index (κ2) is 8.89. The Morgan fingerprint density at radius 3 is 2.38 bits per heavy atom. The number of hydrogen-bond acceptors (Lipinski definition) is 3. The van der Waals surface area contributed by atoms with Crippen LogP contribution in [0.5, 0.6) is 0 Å². The molecule has 168 valence electrons. The third-order valence-corrected chi connectivity index (χ3v) is 7.24. The zero-order valence-electron chi connectivity index (χ0n) is 19.3. The van der Waals surface area contributed by atoms with E-state index >= 15 is 0 Å². The molecule has 2 aromatic rings. The Morgan fingerprint density at radius 1 is 1.03 bits per heavy atom. The molecule has 32 heavy (non-hydrogen) atoms. The van der Waals surface area contributed by atoms with Gasteiger partial charge in [-0.2, -0.15) is 0 Å². The highest BCUT2D eigenvalue weighted by Gasteiger charge is 2.54. The Hall–Kier alpha value is -2.95. The highest BCUT2D eigenvalue weighted by molar-refractivity contribution is 6.10. The second-order valence-electron chi connectivity index (χ2n) is 9.23.